The zero-order chi connectivity index (χ0) is 31.6. The predicted octanol–water partition coefficient (Wildman–Crippen LogP) is 6.03. The van der Waals surface area contributed by atoms with Crippen molar-refractivity contribution in [1.29, 1.82) is 0 Å². The quantitative estimate of drug-likeness (QED) is 0.325. The molecule has 3 aliphatic rings. The Morgan fingerprint density at radius 1 is 0.909 bits per heavy atom. The Kier molecular flexibility index (Phi) is 7.80. The minimum atomic E-state index is -4.78. The topological polar surface area (TPSA) is 79.7 Å². The maximum atomic E-state index is 14.1. The number of hydrogen-bond donors (Lipinski definition) is 0. The predicted molar refractivity (Wildman–Crippen MR) is 163 cm³/mol. The molecule has 0 bridgehead atoms. The van der Waals surface area contributed by atoms with Crippen molar-refractivity contribution in [3.63, 3.8) is 0 Å². The number of imide groups is 1. The van der Waals surface area contributed by atoms with Crippen LogP contribution < -0.4 is 9.77 Å². The van der Waals surface area contributed by atoms with Crippen LogP contribution in [0.3, 0.4) is 0 Å². The summed E-state index contributed by atoms with van der Waals surface area (Å²) >= 11 is 1.93. The number of thiazole rings is 1. The highest BCUT2D eigenvalue weighted by atomic mass is 32.2. The van der Waals surface area contributed by atoms with E-state index < -0.39 is 46.3 Å². The van der Waals surface area contributed by atoms with Crippen LogP contribution in [0.25, 0.3) is 0 Å². The maximum absolute atomic E-state index is 14.1. The van der Waals surface area contributed by atoms with Gasteiger partial charge in [-0.25, -0.2) is 4.90 Å². The van der Waals surface area contributed by atoms with Crippen LogP contribution in [0.5, 0.6) is 0 Å². The second-order valence-corrected chi connectivity index (χ2v) is 14.6. The van der Waals surface area contributed by atoms with Crippen LogP contribution in [-0.2, 0) is 32.5 Å². The van der Waals surface area contributed by atoms with E-state index >= 15 is 0 Å². The van der Waals surface area contributed by atoms with E-state index in [0.29, 0.717) is 33.5 Å². The third-order valence-electron chi connectivity index (χ3n) is 8.64. The lowest BCUT2D eigenvalue weighted by Crippen LogP contribution is -2.39. The zero-order valence-electron chi connectivity index (χ0n) is 24.5. The second-order valence-electron chi connectivity index (χ2n) is 12.5. The van der Waals surface area contributed by atoms with Gasteiger partial charge in [-0.05, 0) is 47.9 Å². The van der Waals surface area contributed by atoms with Gasteiger partial charge in [0.1, 0.15) is 11.8 Å². The van der Waals surface area contributed by atoms with Gasteiger partial charge in [-0.1, -0.05) is 80.3 Å². The van der Waals surface area contributed by atoms with Crippen LogP contribution in [0, 0.1) is 5.92 Å². The van der Waals surface area contributed by atoms with E-state index in [1.54, 1.807) is 4.90 Å². The van der Waals surface area contributed by atoms with E-state index in [4.69, 9.17) is 0 Å². The largest absolute Gasteiger partial charge is 0.418 e. The number of aromatic nitrogens is 1. The molecule has 0 saturated carbocycles. The molecule has 0 N–H and O–H groups in total. The number of piperidine rings is 1. The van der Waals surface area contributed by atoms with Crippen LogP contribution >= 0.6 is 23.1 Å². The molecule has 3 unspecified atom stereocenters. The normalized spacial score (nSPS) is 22.3. The number of fused-ring (bicyclic) bond motifs is 2. The number of carbonyl (C=O) groups excluding carboxylic acids is 3. The van der Waals surface area contributed by atoms with E-state index in [1.807, 2.05) is 24.3 Å². The molecule has 6 rings (SSSR count). The molecule has 7 nitrogen and oxygen atoms in total. The number of carbonyl (C=O) groups is 3. The van der Waals surface area contributed by atoms with E-state index in [2.05, 4.69) is 20.8 Å². The SMILES string of the molecule is CC(C)(C)c1ccc(C2c3sc(=O)n(CC(=O)N4CCCCC4)c3SC3C(=O)N(c4ccccc4C(F)(F)F)C(=O)C32)cc1. The lowest BCUT2D eigenvalue weighted by Gasteiger charge is -2.31. The minimum Gasteiger partial charge on any atom is -0.341 e. The molecule has 0 radical (unpaired) electrons. The van der Waals surface area contributed by atoms with Crippen molar-refractivity contribution >= 4 is 46.5 Å². The molecule has 3 amide bonds. The van der Waals surface area contributed by atoms with Gasteiger partial charge in [0.2, 0.25) is 17.7 Å². The molecule has 44 heavy (non-hydrogen) atoms. The van der Waals surface area contributed by atoms with Crippen LogP contribution in [0.15, 0.2) is 58.4 Å². The molecule has 2 aromatic carbocycles. The van der Waals surface area contributed by atoms with Crippen LogP contribution in [0.1, 0.15) is 67.5 Å². The number of likely N-dealkylation sites (tertiary alicyclic amines) is 1. The summed E-state index contributed by atoms with van der Waals surface area (Å²) in [7, 11) is 0. The summed E-state index contributed by atoms with van der Waals surface area (Å²) in [5.41, 5.74) is -0.0226. The highest BCUT2D eigenvalue weighted by Gasteiger charge is 2.57. The Labute approximate surface area is 261 Å². The number of thioether (sulfide) groups is 1. The molecule has 2 saturated heterocycles. The zero-order valence-corrected chi connectivity index (χ0v) is 26.2. The summed E-state index contributed by atoms with van der Waals surface area (Å²) in [6.45, 7) is 7.21. The number of benzene rings is 2. The molecule has 4 heterocycles. The third kappa shape index (κ3) is 5.29. The average Bonchev–Trinajstić information content (AvgIpc) is 3.42. The van der Waals surface area contributed by atoms with Gasteiger partial charge in [0.15, 0.2) is 0 Å². The van der Waals surface area contributed by atoms with E-state index in [-0.39, 0.29) is 22.7 Å². The van der Waals surface area contributed by atoms with Gasteiger partial charge in [0, 0.05) is 23.9 Å². The van der Waals surface area contributed by atoms with E-state index in [0.717, 1.165) is 60.1 Å². The Morgan fingerprint density at radius 3 is 2.20 bits per heavy atom. The second kappa shape index (κ2) is 11.2. The molecular weight excluding hydrogens is 611 g/mol. The number of hydrogen-bond acceptors (Lipinski definition) is 6. The van der Waals surface area contributed by atoms with Crippen molar-refractivity contribution in [2.75, 3.05) is 18.0 Å². The summed E-state index contributed by atoms with van der Waals surface area (Å²) in [6, 6.07) is 12.2. The molecule has 3 aromatic rings. The lowest BCUT2D eigenvalue weighted by molar-refractivity contribution is -0.137. The fraction of sp³-hybridized carbons (Fsp3) is 0.438. The fourth-order valence-corrected chi connectivity index (χ4v) is 9.10. The number of amides is 3. The summed E-state index contributed by atoms with van der Waals surface area (Å²) in [5, 5.41) is -0.655. The molecule has 2 fully saturated rings. The molecule has 232 valence electrons. The number of alkyl halides is 3. The Hall–Kier alpha value is -3.38. The summed E-state index contributed by atoms with van der Waals surface area (Å²) < 4.78 is 43.4. The van der Waals surface area contributed by atoms with Gasteiger partial charge in [-0.3, -0.25) is 23.7 Å². The third-order valence-corrected chi connectivity index (χ3v) is 11.2. The molecule has 1 aromatic heterocycles. The molecular formula is C32H32F3N3O4S2. The van der Waals surface area contributed by atoms with Crippen molar-refractivity contribution < 1.29 is 27.6 Å². The van der Waals surface area contributed by atoms with Crippen molar-refractivity contribution in [1.82, 2.24) is 9.47 Å². The Bertz CT molecular complexity index is 1680. The lowest BCUT2D eigenvalue weighted by atomic mass is 9.81. The van der Waals surface area contributed by atoms with Crippen molar-refractivity contribution in [2.45, 2.75) is 74.4 Å². The number of para-hydroxylation sites is 1. The summed E-state index contributed by atoms with van der Waals surface area (Å²) in [4.78, 5) is 57.3. The molecule has 12 heteroatoms. The first-order chi connectivity index (χ1) is 20.8. The average molecular weight is 644 g/mol. The first kappa shape index (κ1) is 30.6. The number of rotatable bonds is 4. The molecule has 0 spiro atoms. The molecule has 0 aliphatic carbocycles. The van der Waals surface area contributed by atoms with Crippen LogP contribution in [0.4, 0.5) is 18.9 Å². The standard InChI is InChI=1S/C32H32F3N3O4S2/c1-31(2,3)19-13-11-18(12-14-19)23-24-25(28(41)38(27(24)40)21-10-6-5-9-20(21)32(33,34)35)43-29-26(23)44-30(42)37(29)17-22(39)36-15-7-4-8-16-36/h5-6,9-14,23-25H,4,7-8,15-17H2,1-3H3. The van der Waals surface area contributed by atoms with Crippen molar-refractivity contribution in [2.24, 2.45) is 5.92 Å². The first-order valence-electron chi connectivity index (χ1n) is 14.6. The first-order valence-corrected chi connectivity index (χ1v) is 16.3. The monoisotopic (exact) mass is 643 g/mol. The smallest absolute Gasteiger partial charge is 0.341 e. The van der Waals surface area contributed by atoms with Gasteiger partial charge in [-0.2, -0.15) is 13.2 Å². The van der Waals surface area contributed by atoms with Gasteiger partial charge in [0.05, 0.1) is 22.2 Å². The minimum absolute atomic E-state index is 0.158. The van der Waals surface area contributed by atoms with Gasteiger partial charge in [-0.15, -0.1) is 0 Å². The van der Waals surface area contributed by atoms with Crippen molar-refractivity contribution in [3.05, 3.63) is 79.8 Å². The fourth-order valence-electron chi connectivity index (χ4n) is 6.33. The Balaban J connectivity index is 1.46. The summed E-state index contributed by atoms with van der Waals surface area (Å²) in [6.07, 6.45) is -1.97. The molecule has 3 aliphatic heterocycles. The Morgan fingerprint density at radius 2 is 1.57 bits per heavy atom. The maximum Gasteiger partial charge on any atom is 0.418 e. The number of anilines is 1. The summed E-state index contributed by atoms with van der Waals surface area (Å²) in [5.74, 6) is -3.50. The highest BCUT2D eigenvalue weighted by molar-refractivity contribution is 8.00. The van der Waals surface area contributed by atoms with Gasteiger partial charge >= 0.3 is 11.0 Å². The highest BCUT2D eigenvalue weighted by Crippen LogP contribution is 2.54. The van der Waals surface area contributed by atoms with Gasteiger partial charge < -0.3 is 4.90 Å². The van der Waals surface area contributed by atoms with Crippen molar-refractivity contribution in [3.8, 4) is 0 Å². The van der Waals surface area contributed by atoms with E-state index in [9.17, 15) is 32.3 Å². The number of nitrogens with zero attached hydrogens (tertiary/aromatic N) is 3. The van der Waals surface area contributed by atoms with Gasteiger partial charge in [0.25, 0.3) is 0 Å². The van der Waals surface area contributed by atoms with Crippen LogP contribution in [-0.4, -0.2) is 45.5 Å². The van der Waals surface area contributed by atoms with E-state index in [1.165, 1.54) is 16.7 Å². The number of halogens is 3. The molecule has 3 atom stereocenters. The van der Waals surface area contributed by atoms with Crippen LogP contribution in [0.2, 0.25) is 0 Å².